The van der Waals surface area contributed by atoms with E-state index in [-0.39, 0.29) is 16.8 Å². The van der Waals surface area contributed by atoms with E-state index in [0.717, 1.165) is 5.56 Å². The fourth-order valence-corrected chi connectivity index (χ4v) is 3.07. The average Bonchev–Trinajstić information content (AvgIpc) is 2.91. The number of aromatic nitrogens is 2. The largest absolute Gasteiger partial charge is 0.363 e. The molecule has 0 aliphatic heterocycles. The first-order chi connectivity index (χ1) is 13.3. The number of benzene rings is 1. The van der Waals surface area contributed by atoms with Crippen molar-refractivity contribution in [2.45, 2.75) is 27.2 Å². The molecule has 144 valence electrons. The first kappa shape index (κ1) is 19.1. The molecule has 2 N–H and O–H groups in total. The van der Waals surface area contributed by atoms with E-state index in [4.69, 9.17) is 10.6 Å². The van der Waals surface area contributed by atoms with Crippen LogP contribution in [0.5, 0.6) is 5.75 Å². The molecule has 0 fully saturated rings. The molecule has 0 saturated heterocycles. The number of Topliss-reactive ketones (excluding diaryl/α,β-unsaturated/α-hetero) is 1. The van der Waals surface area contributed by atoms with Crippen LogP contribution in [0.25, 0.3) is 5.52 Å². The van der Waals surface area contributed by atoms with Gasteiger partial charge in [0.2, 0.25) is 5.75 Å². The molecule has 1 amide bonds. The van der Waals surface area contributed by atoms with E-state index in [0.29, 0.717) is 23.4 Å². The van der Waals surface area contributed by atoms with Crippen LogP contribution in [0.4, 0.5) is 0 Å². The number of carbonyl (C=O) groups is 3. The maximum absolute atomic E-state index is 12.5. The molecular formula is C20H19N3O5. The van der Waals surface area contributed by atoms with Crippen LogP contribution in [0.3, 0.4) is 0 Å². The number of rotatable bonds is 6. The number of hydrogen-bond donors (Lipinski definition) is 1. The number of nitrogens with zero attached hydrogens (tertiary/aromatic N) is 2. The maximum atomic E-state index is 12.5. The van der Waals surface area contributed by atoms with Crippen LogP contribution < -0.4 is 10.6 Å². The lowest BCUT2D eigenvalue weighted by Crippen LogP contribution is -2.23. The summed E-state index contributed by atoms with van der Waals surface area (Å²) >= 11 is 0. The van der Waals surface area contributed by atoms with E-state index >= 15 is 0 Å². The van der Waals surface area contributed by atoms with Crippen LogP contribution in [0.1, 0.15) is 39.8 Å². The fourth-order valence-electron chi connectivity index (χ4n) is 3.07. The Kier molecular flexibility index (Phi) is 5.12. The van der Waals surface area contributed by atoms with Gasteiger partial charge in [-0.05, 0) is 25.0 Å². The maximum Gasteiger partial charge on any atom is 0.352 e. The van der Waals surface area contributed by atoms with Crippen LogP contribution >= 0.6 is 0 Å². The Labute approximate surface area is 160 Å². The van der Waals surface area contributed by atoms with Crippen molar-refractivity contribution in [3.63, 3.8) is 0 Å². The second kappa shape index (κ2) is 7.51. The van der Waals surface area contributed by atoms with E-state index in [1.165, 1.54) is 17.5 Å². The minimum absolute atomic E-state index is 0.0769. The molecule has 2 aromatic heterocycles. The van der Waals surface area contributed by atoms with Gasteiger partial charge in [0.25, 0.3) is 11.7 Å². The third-order valence-electron chi connectivity index (χ3n) is 4.26. The van der Waals surface area contributed by atoms with Crippen LogP contribution in [-0.2, 0) is 20.9 Å². The summed E-state index contributed by atoms with van der Waals surface area (Å²) in [5, 5.41) is 4.47. The van der Waals surface area contributed by atoms with Gasteiger partial charge in [0.15, 0.2) is 0 Å². The fraction of sp³-hybridized carbons (Fsp3) is 0.200. The van der Waals surface area contributed by atoms with Crippen molar-refractivity contribution in [2.75, 3.05) is 0 Å². The van der Waals surface area contributed by atoms with E-state index in [2.05, 4.69) is 9.99 Å². The zero-order valence-electron chi connectivity index (χ0n) is 15.7. The summed E-state index contributed by atoms with van der Waals surface area (Å²) in [6, 6.07) is 11.1. The smallest absolute Gasteiger partial charge is 0.352 e. The van der Waals surface area contributed by atoms with Gasteiger partial charge in [0.1, 0.15) is 5.52 Å². The Bertz CT molecular complexity index is 1090. The number of nitrogens with two attached hydrogens (primary N) is 1. The molecule has 8 heteroatoms. The highest BCUT2D eigenvalue weighted by Crippen LogP contribution is 2.32. The highest BCUT2D eigenvalue weighted by molar-refractivity contribution is 6.44. The summed E-state index contributed by atoms with van der Waals surface area (Å²) < 4.78 is 1.53. The van der Waals surface area contributed by atoms with E-state index in [9.17, 15) is 14.4 Å². The number of primary amides is 1. The first-order valence-corrected chi connectivity index (χ1v) is 8.54. The van der Waals surface area contributed by atoms with Crippen molar-refractivity contribution >= 4 is 23.2 Å². The predicted octanol–water partition coefficient (Wildman–Crippen LogP) is 2.07. The lowest BCUT2D eigenvalue weighted by molar-refractivity contribution is -0.210. The average molecular weight is 381 g/mol. The Balaban J connectivity index is 2.28. The summed E-state index contributed by atoms with van der Waals surface area (Å²) in [4.78, 5) is 45.1. The number of amides is 1. The summed E-state index contributed by atoms with van der Waals surface area (Å²) in [6.07, 6.45) is 0.462. The molecule has 0 unspecified atom stereocenters. The van der Waals surface area contributed by atoms with Gasteiger partial charge in [-0.15, -0.1) is 0 Å². The zero-order chi connectivity index (χ0) is 20.4. The molecule has 1 aromatic carbocycles. The minimum atomic E-state index is -1.10. The van der Waals surface area contributed by atoms with Crippen molar-refractivity contribution in [3.8, 4) is 5.75 Å². The number of aryl methyl sites for hydroxylation is 1. The molecule has 8 nitrogen and oxygen atoms in total. The Morgan fingerprint density at radius 1 is 1.14 bits per heavy atom. The lowest BCUT2D eigenvalue weighted by atomic mass is 10.0. The summed E-state index contributed by atoms with van der Waals surface area (Å²) in [5.41, 5.74) is 8.36. The van der Waals surface area contributed by atoms with Crippen LogP contribution in [-0.4, -0.2) is 27.3 Å². The Hall–Kier alpha value is -3.68. The second-order valence-corrected chi connectivity index (χ2v) is 6.37. The SMILES string of the molecule is CC(=O)OOc1cc(C)nn2c(Cc3ccccc3)c(C)c(C(=O)C(N)=O)c12. The van der Waals surface area contributed by atoms with Crippen molar-refractivity contribution in [3.05, 3.63) is 64.5 Å². The number of carbonyl (C=O) groups excluding carboxylic acids is 3. The Morgan fingerprint density at radius 2 is 1.82 bits per heavy atom. The van der Waals surface area contributed by atoms with Gasteiger partial charge in [-0.25, -0.2) is 9.31 Å². The molecule has 0 aliphatic carbocycles. The molecule has 0 aliphatic rings. The number of hydrogen-bond acceptors (Lipinski definition) is 6. The molecule has 3 aromatic rings. The van der Waals surface area contributed by atoms with Gasteiger partial charge in [-0.1, -0.05) is 30.3 Å². The van der Waals surface area contributed by atoms with Crippen molar-refractivity contribution in [1.29, 1.82) is 0 Å². The molecule has 0 saturated carbocycles. The van der Waals surface area contributed by atoms with Crippen LogP contribution in [0, 0.1) is 13.8 Å². The monoisotopic (exact) mass is 381 g/mol. The Morgan fingerprint density at radius 3 is 2.43 bits per heavy atom. The molecule has 0 spiro atoms. The lowest BCUT2D eigenvalue weighted by Gasteiger charge is -2.09. The summed E-state index contributed by atoms with van der Waals surface area (Å²) in [5.74, 6) is -2.54. The van der Waals surface area contributed by atoms with E-state index < -0.39 is 17.7 Å². The van der Waals surface area contributed by atoms with Crippen LogP contribution in [0.15, 0.2) is 36.4 Å². The van der Waals surface area contributed by atoms with Gasteiger partial charge in [0.05, 0.1) is 17.0 Å². The molecule has 0 atom stereocenters. The standard InChI is InChI=1S/C20H19N3O5/c1-11-9-16(28-27-13(3)24)18-17(19(25)20(21)26)12(2)15(23(18)22-11)10-14-7-5-4-6-8-14/h4-9H,10H2,1-3H3,(H2,21,26). The van der Waals surface area contributed by atoms with Crippen molar-refractivity contribution in [1.82, 2.24) is 9.61 Å². The van der Waals surface area contributed by atoms with Gasteiger partial charge in [-0.2, -0.15) is 5.10 Å². The highest BCUT2D eigenvalue weighted by Gasteiger charge is 2.28. The van der Waals surface area contributed by atoms with Crippen molar-refractivity contribution in [2.24, 2.45) is 5.73 Å². The predicted molar refractivity (Wildman–Crippen MR) is 99.8 cm³/mol. The highest BCUT2D eigenvalue weighted by atomic mass is 17.2. The molecule has 0 radical (unpaired) electrons. The molecule has 0 bridgehead atoms. The molecular weight excluding hydrogens is 362 g/mol. The van der Waals surface area contributed by atoms with E-state index in [1.807, 2.05) is 30.3 Å². The topological polar surface area (TPSA) is 113 Å². The van der Waals surface area contributed by atoms with Gasteiger partial charge in [-0.3, -0.25) is 19.4 Å². The number of ketones is 1. The minimum Gasteiger partial charge on any atom is -0.363 e. The third-order valence-corrected chi connectivity index (χ3v) is 4.26. The van der Waals surface area contributed by atoms with E-state index in [1.54, 1.807) is 13.8 Å². The second-order valence-electron chi connectivity index (χ2n) is 6.37. The zero-order valence-corrected chi connectivity index (χ0v) is 15.7. The van der Waals surface area contributed by atoms with Crippen molar-refractivity contribution < 1.29 is 24.2 Å². The number of fused-ring (bicyclic) bond motifs is 1. The summed E-state index contributed by atoms with van der Waals surface area (Å²) in [6.45, 7) is 4.64. The quantitative estimate of drug-likeness (QED) is 0.303. The molecule has 28 heavy (non-hydrogen) atoms. The molecule has 3 rings (SSSR count). The third kappa shape index (κ3) is 3.57. The normalized spacial score (nSPS) is 10.7. The van der Waals surface area contributed by atoms with Gasteiger partial charge in [0, 0.05) is 19.4 Å². The molecule has 2 heterocycles. The summed E-state index contributed by atoms with van der Waals surface area (Å²) in [7, 11) is 0. The first-order valence-electron chi connectivity index (χ1n) is 8.54. The van der Waals surface area contributed by atoms with Crippen LogP contribution in [0.2, 0.25) is 0 Å². The van der Waals surface area contributed by atoms with Gasteiger partial charge < -0.3 is 5.73 Å². The van der Waals surface area contributed by atoms with Gasteiger partial charge >= 0.3 is 5.97 Å².